The zero-order valence-electron chi connectivity index (χ0n) is 11.9. The van der Waals surface area contributed by atoms with Crippen LogP contribution in [0.25, 0.3) is 0 Å². The first-order valence-corrected chi connectivity index (χ1v) is 6.60. The Balaban J connectivity index is 2.02. The molecule has 6 heteroatoms. The number of amides is 1. The summed E-state index contributed by atoms with van der Waals surface area (Å²) in [5.74, 6) is -0.0913. The lowest BCUT2D eigenvalue weighted by molar-refractivity contribution is -0.137. The molecule has 1 aliphatic rings. The molecule has 114 valence electrons. The minimum absolute atomic E-state index is 0.0913. The second kappa shape index (κ2) is 5.89. The van der Waals surface area contributed by atoms with E-state index in [2.05, 4.69) is 5.32 Å². The van der Waals surface area contributed by atoms with Gasteiger partial charge in [-0.15, -0.1) is 0 Å². The van der Waals surface area contributed by atoms with E-state index in [0.29, 0.717) is 11.1 Å². The van der Waals surface area contributed by atoms with E-state index >= 15 is 0 Å². The molecule has 0 bridgehead atoms. The lowest BCUT2D eigenvalue weighted by atomic mass is 10.0. The van der Waals surface area contributed by atoms with Gasteiger partial charge in [0.25, 0.3) is 0 Å². The zero-order chi connectivity index (χ0) is 15.6. The molecular formula is C15H17F3N2O. The van der Waals surface area contributed by atoms with Crippen LogP contribution in [0.4, 0.5) is 13.2 Å². The summed E-state index contributed by atoms with van der Waals surface area (Å²) in [6.45, 7) is 3.52. The first-order chi connectivity index (χ1) is 9.79. The van der Waals surface area contributed by atoms with Crippen molar-refractivity contribution in [2.45, 2.75) is 19.6 Å². The largest absolute Gasteiger partial charge is 0.416 e. The van der Waals surface area contributed by atoms with Gasteiger partial charge >= 0.3 is 6.18 Å². The van der Waals surface area contributed by atoms with Crippen LogP contribution in [0.15, 0.2) is 35.4 Å². The molecule has 0 aliphatic carbocycles. The van der Waals surface area contributed by atoms with Crippen LogP contribution in [0.5, 0.6) is 0 Å². The molecule has 1 amide bonds. The standard InChI is InChI=1S/C15H17F3N2O/c1-10(12-7-19-8-12)14(21)20(2)9-11-3-5-13(6-4-11)15(16,17)18/h3-6,19H,7-9H2,1-2H3. The number of alkyl halides is 3. The van der Waals surface area contributed by atoms with Crippen LogP contribution in [0, 0.1) is 0 Å². The molecular weight excluding hydrogens is 281 g/mol. The number of hydrogen-bond donors (Lipinski definition) is 1. The Labute approximate surface area is 121 Å². The minimum atomic E-state index is -4.33. The average molecular weight is 298 g/mol. The van der Waals surface area contributed by atoms with E-state index < -0.39 is 11.7 Å². The van der Waals surface area contributed by atoms with Crippen LogP contribution in [0.1, 0.15) is 18.1 Å². The van der Waals surface area contributed by atoms with Crippen molar-refractivity contribution >= 4 is 5.91 Å². The normalized spacial score (nSPS) is 14.6. The predicted octanol–water partition coefficient (Wildman–Crippen LogP) is 2.58. The van der Waals surface area contributed by atoms with Crippen LogP contribution in [0.2, 0.25) is 0 Å². The Morgan fingerprint density at radius 3 is 2.24 bits per heavy atom. The Hall–Kier alpha value is -1.82. The summed E-state index contributed by atoms with van der Waals surface area (Å²) in [7, 11) is 1.65. The van der Waals surface area contributed by atoms with Crippen LogP contribution in [-0.4, -0.2) is 30.9 Å². The Bertz CT molecular complexity index is 555. The van der Waals surface area contributed by atoms with Crippen molar-refractivity contribution < 1.29 is 18.0 Å². The van der Waals surface area contributed by atoms with Gasteiger partial charge in [0, 0.05) is 32.3 Å². The molecule has 1 aliphatic heterocycles. The van der Waals surface area contributed by atoms with Crippen molar-refractivity contribution in [1.82, 2.24) is 10.2 Å². The predicted molar refractivity (Wildman–Crippen MR) is 73.5 cm³/mol. The SMILES string of the molecule is CC(C(=O)N(C)Cc1ccc(C(F)(F)F)cc1)=C1CNC1. The van der Waals surface area contributed by atoms with Gasteiger partial charge in [-0.25, -0.2) is 0 Å². The maximum absolute atomic E-state index is 12.5. The molecule has 1 heterocycles. The number of nitrogens with zero attached hydrogens (tertiary/aromatic N) is 1. The Morgan fingerprint density at radius 1 is 1.24 bits per heavy atom. The number of carbonyl (C=O) groups is 1. The summed E-state index contributed by atoms with van der Waals surface area (Å²) in [6.07, 6.45) is -4.33. The Morgan fingerprint density at radius 2 is 1.81 bits per heavy atom. The molecule has 0 atom stereocenters. The fraction of sp³-hybridized carbons (Fsp3) is 0.400. The first kappa shape index (κ1) is 15.6. The summed E-state index contributed by atoms with van der Waals surface area (Å²) < 4.78 is 37.4. The molecule has 3 nitrogen and oxygen atoms in total. The molecule has 0 radical (unpaired) electrons. The lowest BCUT2D eigenvalue weighted by Crippen LogP contribution is -2.38. The van der Waals surface area contributed by atoms with E-state index in [0.717, 1.165) is 30.8 Å². The number of rotatable bonds is 3. The maximum atomic E-state index is 12.5. The summed E-state index contributed by atoms with van der Waals surface area (Å²) in [4.78, 5) is 13.7. The van der Waals surface area contributed by atoms with Gasteiger partial charge in [0.2, 0.25) is 5.91 Å². The highest BCUT2D eigenvalue weighted by Gasteiger charge is 2.30. The van der Waals surface area contributed by atoms with Gasteiger partial charge in [-0.3, -0.25) is 4.79 Å². The summed E-state index contributed by atoms with van der Waals surface area (Å²) in [5, 5.41) is 3.07. The van der Waals surface area contributed by atoms with Crippen molar-refractivity contribution in [1.29, 1.82) is 0 Å². The second-order valence-electron chi connectivity index (χ2n) is 5.19. The highest BCUT2D eigenvalue weighted by Crippen LogP contribution is 2.29. The third-order valence-corrected chi connectivity index (χ3v) is 3.58. The van der Waals surface area contributed by atoms with Gasteiger partial charge < -0.3 is 10.2 Å². The quantitative estimate of drug-likeness (QED) is 0.870. The van der Waals surface area contributed by atoms with Crippen LogP contribution < -0.4 is 5.32 Å². The number of nitrogens with one attached hydrogen (secondary N) is 1. The molecule has 1 aromatic carbocycles. The first-order valence-electron chi connectivity index (χ1n) is 6.60. The van der Waals surface area contributed by atoms with Crippen molar-refractivity contribution in [2.24, 2.45) is 0 Å². The molecule has 1 fully saturated rings. The van der Waals surface area contributed by atoms with E-state index in [9.17, 15) is 18.0 Å². The summed E-state index contributed by atoms with van der Waals surface area (Å²) in [5.41, 5.74) is 1.78. The third-order valence-electron chi connectivity index (χ3n) is 3.58. The smallest absolute Gasteiger partial charge is 0.338 e. The topological polar surface area (TPSA) is 32.3 Å². The highest BCUT2D eigenvalue weighted by molar-refractivity contribution is 5.93. The number of benzene rings is 1. The van der Waals surface area contributed by atoms with Gasteiger partial charge in [0.05, 0.1) is 5.56 Å². The molecule has 0 saturated carbocycles. The summed E-state index contributed by atoms with van der Waals surface area (Å²) in [6, 6.07) is 4.88. The molecule has 2 rings (SSSR count). The Kier molecular flexibility index (Phi) is 4.37. The fourth-order valence-corrected chi connectivity index (χ4v) is 2.10. The van der Waals surface area contributed by atoms with E-state index in [4.69, 9.17) is 0 Å². The van der Waals surface area contributed by atoms with Gasteiger partial charge in [0.1, 0.15) is 0 Å². The molecule has 0 unspecified atom stereocenters. The van der Waals surface area contributed by atoms with E-state index in [1.54, 1.807) is 14.0 Å². The lowest BCUT2D eigenvalue weighted by Gasteiger charge is -2.24. The van der Waals surface area contributed by atoms with Crippen molar-refractivity contribution in [3.8, 4) is 0 Å². The average Bonchev–Trinajstić information content (AvgIpc) is 2.35. The second-order valence-corrected chi connectivity index (χ2v) is 5.19. The van der Waals surface area contributed by atoms with E-state index in [-0.39, 0.29) is 12.5 Å². The van der Waals surface area contributed by atoms with Crippen molar-refractivity contribution in [2.75, 3.05) is 20.1 Å². The fourth-order valence-electron chi connectivity index (χ4n) is 2.10. The number of likely N-dealkylation sites (N-methyl/N-ethyl adjacent to an activating group) is 1. The summed E-state index contributed by atoms with van der Waals surface area (Å²) >= 11 is 0. The van der Waals surface area contributed by atoms with Crippen LogP contribution in [0.3, 0.4) is 0 Å². The number of halogens is 3. The molecule has 1 saturated heterocycles. The molecule has 1 N–H and O–H groups in total. The minimum Gasteiger partial charge on any atom is -0.338 e. The molecule has 21 heavy (non-hydrogen) atoms. The molecule has 0 spiro atoms. The highest BCUT2D eigenvalue weighted by atomic mass is 19.4. The van der Waals surface area contributed by atoms with Crippen molar-refractivity contribution in [3.05, 3.63) is 46.5 Å². The molecule has 0 aromatic heterocycles. The third kappa shape index (κ3) is 3.64. The van der Waals surface area contributed by atoms with Gasteiger partial charge in [0.15, 0.2) is 0 Å². The van der Waals surface area contributed by atoms with Gasteiger partial charge in [-0.2, -0.15) is 13.2 Å². The van der Waals surface area contributed by atoms with E-state index in [1.807, 2.05) is 0 Å². The van der Waals surface area contributed by atoms with Gasteiger partial charge in [-0.1, -0.05) is 12.1 Å². The molecule has 1 aromatic rings. The van der Waals surface area contributed by atoms with Crippen LogP contribution >= 0.6 is 0 Å². The van der Waals surface area contributed by atoms with Gasteiger partial charge in [-0.05, 0) is 30.2 Å². The maximum Gasteiger partial charge on any atom is 0.416 e. The van der Waals surface area contributed by atoms with Crippen LogP contribution in [-0.2, 0) is 17.5 Å². The number of carbonyl (C=O) groups excluding carboxylic acids is 1. The monoisotopic (exact) mass is 298 g/mol. The number of hydrogen-bond acceptors (Lipinski definition) is 2. The van der Waals surface area contributed by atoms with Crippen molar-refractivity contribution in [3.63, 3.8) is 0 Å². The van der Waals surface area contributed by atoms with E-state index in [1.165, 1.54) is 17.0 Å². The zero-order valence-corrected chi connectivity index (χ0v) is 11.9.